The second kappa shape index (κ2) is 6.10. The van der Waals surface area contributed by atoms with Crippen LogP contribution in [0.5, 0.6) is 0 Å². The predicted octanol–water partition coefficient (Wildman–Crippen LogP) is 4.05. The van der Waals surface area contributed by atoms with Crippen molar-refractivity contribution in [2.45, 2.75) is 50.0 Å². The quantitative estimate of drug-likeness (QED) is 0.920. The van der Waals surface area contributed by atoms with Crippen molar-refractivity contribution in [2.24, 2.45) is 0 Å². The molecule has 1 saturated carbocycles. The van der Waals surface area contributed by atoms with Crippen molar-refractivity contribution in [1.82, 2.24) is 4.72 Å². The Kier molecular flexibility index (Phi) is 4.30. The van der Waals surface area contributed by atoms with Crippen molar-refractivity contribution >= 4 is 10.0 Å². The van der Waals surface area contributed by atoms with E-state index in [2.05, 4.69) is 4.72 Å². The van der Waals surface area contributed by atoms with Crippen LogP contribution in [0.2, 0.25) is 0 Å². The molecular weight excluding hydrogens is 306 g/mol. The van der Waals surface area contributed by atoms with Crippen LogP contribution in [0.15, 0.2) is 53.4 Å². The largest absolute Gasteiger partial charge is 0.241 e. The Morgan fingerprint density at radius 1 is 0.913 bits per heavy atom. The standard InChI is InChI=1S/C19H23NO2S/c1-15-10-11-18(14-16(15)2)23(21,22)20-19(12-6-7-13-19)17-8-4-3-5-9-17/h3-5,8-11,14,20H,6-7,12-13H2,1-2H3. The SMILES string of the molecule is Cc1ccc(S(=O)(=O)NC2(c3ccccc3)CCCC2)cc1C. The van der Waals surface area contributed by atoms with Crippen LogP contribution in [0.3, 0.4) is 0 Å². The van der Waals surface area contributed by atoms with Gasteiger partial charge in [-0.2, -0.15) is 0 Å². The smallest absolute Gasteiger partial charge is 0.207 e. The van der Waals surface area contributed by atoms with Crippen molar-refractivity contribution in [3.8, 4) is 0 Å². The summed E-state index contributed by atoms with van der Waals surface area (Å²) in [5.41, 5.74) is 2.68. The van der Waals surface area contributed by atoms with Crippen molar-refractivity contribution in [1.29, 1.82) is 0 Å². The first kappa shape index (κ1) is 16.2. The van der Waals surface area contributed by atoms with Gasteiger partial charge in [0.2, 0.25) is 10.0 Å². The van der Waals surface area contributed by atoms with E-state index in [4.69, 9.17) is 0 Å². The van der Waals surface area contributed by atoms with Crippen molar-refractivity contribution in [2.75, 3.05) is 0 Å². The molecule has 1 N–H and O–H groups in total. The van der Waals surface area contributed by atoms with Crippen LogP contribution in [0.25, 0.3) is 0 Å². The number of sulfonamides is 1. The number of hydrogen-bond donors (Lipinski definition) is 1. The van der Waals surface area contributed by atoms with E-state index in [1.54, 1.807) is 12.1 Å². The highest BCUT2D eigenvalue weighted by molar-refractivity contribution is 7.89. The van der Waals surface area contributed by atoms with Crippen molar-refractivity contribution in [3.63, 3.8) is 0 Å². The molecule has 2 aromatic rings. The minimum atomic E-state index is -3.54. The van der Waals surface area contributed by atoms with E-state index in [0.29, 0.717) is 4.90 Å². The van der Waals surface area contributed by atoms with Gasteiger partial charge in [0.05, 0.1) is 10.4 Å². The molecule has 0 amide bonds. The van der Waals surface area contributed by atoms with Gasteiger partial charge < -0.3 is 0 Å². The molecule has 2 aromatic carbocycles. The van der Waals surface area contributed by atoms with Gasteiger partial charge in [0.25, 0.3) is 0 Å². The minimum Gasteiger partial charge on any atom is -0.207 e. The third-order valence-corrected chi connectivity index (χ3v) is 6.44. The third-order valence-electron chi connectivity index (χ3n) is 4.90. The van der Waals surface area contributed by atoms with Gasteiger partial charge in [0, 0.05) is 0 Å². The molecule has 1 aliphatic carbocycles. The fourth-order valence-electron chi connectivity index (χ4n) is 3.38. The van der Waals surface area contributed by atoms with Gasteiger partial charge in [-0.25, -0.2) is 13.1 Å². The normalized spacial score (nSPS) is 17.3. The maximum Gasteiger partial charge on any atom is 0.241 e. The van der Waals surface area contributed by atoms with Crippen molar-refractivity contribution < 1.29 is 8.42 Å². The Bertz CT molecular complexity index is 791. The molecule has 0 unspecified atom stereocenters. The van der Waals surface area contributed by atoms with E-state index in [-0.39, 0.29) is 0 Å². The molecular formula is C19H23NO2S. The Hall–Kier alpha value is -1.65. The molecule has 0 bridgehead atoms. The Labute approximate surface area is 138 Å². The van der Waals surface area contributed by atoms with E-state index < -0.39 is 15.6 Å². The summed E-state index contributed by atoms with van der Waals surface area (Å²) in [7, 11) is -3.54. The van der Waals surface area contributed by atoms with Crippen LogP contribution in [-0.2, 0) is 15.6 Å². The molecule has 0 atom stereocenters. The second-order valence-corrected chi connectivity index (χ2v) is 8.19. The lowest BCUT2D eigenvalue weighted by atomic mass is 9.89. The molecule has 4 heteroatoms. The van der Waals surface area contributed by atoms with Gasteiger partial charge >= 0.3 is 0 Å². The molecule has 0 spiro atoms. The van der Waals surface area contributed by atoms with E-state index >= 15 is 0 Å². The second-order valence-electron chi connectivity index (χ2n) is 6.51. The summed E-state index contributed by atoms with van der Waals surface area (Å²) in [4.78, 5) is 0.350. The first-order valence-corrected chi connectivity index (χ1v) is 9.58. The molecule has 3 rings (SSSR count). The van der Waals surface area contributed by atoms with Gasteiger partial charge in [-0.15, -0.1) is 0 Å². The molecule has 0 saturated heterocycles. The van der Waals surface area contributed by atoms with Gasteiger partial charge in [-0.3, -0.25) is 0 Å². The Morgan fingerprint density at radius 2 is 1.57 bits per heavy atom. The minimum absolute atomic E-state index is 0.350. The fraction of sp³-hybridized carbons (Fsp3) is 0.368. The molecule has 0 heterocycles. The Balaban J connectivity index is 1.98. The molecule has 122 valence electrons. The number of nitrogens with one attached hydrogen (secondary N) is 1. The zero-order valence-corrected chi connectivity index (χ0v) is 14.5. The van der Waals surface area contributed by atoms with E-state index in [1.807, 2.05) is 50.2 Å². The summed E-state index contributed by atoms with van der Waals surface area (Å²) in [6, 6.07) is 15.3. The zero-order chi connectivity index (χ0) is 16.5. The highest BCUT2D eigenvalue weighted by Gasteiger charge is 2.39. The van der Waals surface area contributed by atoms with Crippen LogP contribution in [0, 0.1) is 13.8 Å². The maximum atomic E-state index is 12.9. The summed E-state index contributed by atoms with van der Waals surface area (Å²) in [6.45, 7) is 3.93. The molecule has 0 aromatic heterocycles. The maximum absolute atomic E-state index is 12.9. The van der Waals surface area contributed by atoms with Crippen LogP contribution < -0.4 is 4.72 Å². The van der Waals surface area contributed by atoms with E-state index in [0.717, 1.165) is 42.4 Å². The molecule has 0 aliphatic heterocycles. The van der Waals surface area contributed by atoms with Crippen molar-refractivity contribution in [3.05, 3.63) is 65.2 Å². The lowest BCUT2D eigenvalue weighted by molar-refractivity contribution is 0.404. The molecule has 1 aliphatic rings. The molecule has 23 heavy (non-hydrogen) atoms. The molecule has 1 fully saturated rings. The summed E-state index contributed by atoms with van der Waals surface area (Å²) < 4.78 is 28.9. The molecule has 3 nitrogen and oxygen atoms in total. The van der Waals surface area contributed by atoms with Crippen LogP contribution in [0.1, 0.15) is 42.4 Å². The topological polar surface area (TPSA) is 46.2 Å². The highest BCUT2D eigenvalue weighted by atomic mass is 32.2. The fourth-order valence-corrected chi connectivity index (χ4v) is 4.92. The Morgan fingerprint density at radius 3 is 2.17 bits per heavy atom. The number of hydrogen-bond acceptors (Lipinski definition) is 2. The summed E-state index contributed by atoms with van der Waals surface area (Å²) in [6.07, 6.45) is 3.79. The molecule has 0 radical (unpaired) electrons. The number of rotatable bonds is 4. The number of benzene rings is 2. The first-order chi connectivity index (χ1) is 10.9. The average molecular weight is 329 g/mol. The van der Waals surface area contributed by atoms with Gasteiger partial charge in [-0.05, 0) is 55.5 Å². The van der Waals surface area contributed by atoms with Gasteiger partial charge in [0.1, 0.15) is 0 Å². The van der Waals surface area contributed by atoms with Gasteiger partial charge in [0.15, 0.2) is 0 Å². The van der Waals surface area contributed by atoms with Gasteiger partial charge in [-0.1, -0.05) is 49.2 Å². The van der Waals surface area contributed by atoms with Crippen LogP contribution >= 0.6 is 0 Å². The summed E-state index contributed by atoms with van der Waals surface area (Å²) in [5, 5.41) is 0. The van der Waals surface area contributed by atoms with E-state index in [1.165, 1.54) is 0 Å². The lowest BCUT2D eigenvalue weighted by Crippen LogP contribution is -2.43. The predicted molar refractivity (Wildman–Crippen MR) is 92.8 cm³/mol. The first-order valence-electron chi connectivity index (χ1n) is 8.10. The third kappa shape index (κ3) is 3.19. The van der Waals surface area contributed by atoms with E-state index in [9.17, 15) is 8.42 Å². The summed E-state index contributed by atoms with van der Waals surface area (Å²) in [5.74, 6) is 0. The summed E-state index contributed by atoms with van der Waals surface area (Å²) >= 11 is 0. The number of aryl methyl sites for hydroxylation is 2. The zero-order valence-electron chi connectivity index (χ0n) is 13.7. The monoisotopic (exact) mass is 329 g/mol. The highest BCUT2D eigenvalue weighted by Crippen LogP contribution is 2.39. The average Bonchev–Trinajstić information content (AvgIpc) is 3.00. The lowest BCUT2D eigenvalue weighted by Gasteiger charge is -2.30. The van der Waals surface area contributed by atoms with Crippen LogP contribution in [-0.4, -0.2) is 8.42 Å². The van der Waals surface area contributed by atoms with Crippen LogP contribution in [0.4, 0.5) is 0 Å².